The smallest absolute Gasteiger partial charge is 0.229 e. The Morgan fingerprint density at radius 3 is 2.83 bits per heavy atom. The Labute approximate surface area is 112 Å². The lowest BCUT2D eigenvalue weighted by atomic mass is 9.91. The zero-order valence-electron chi connectivity index (χ0n) is 10.7. The number of phenols is 1. The fourth-order valence-electron chi connectivity index (χ4n) is 2.20. The van der Waals surface area contributed by atoms with E-state index in [0.29, 0.717) is 12.4 Å². The molecule has 0 saturated heterocycles. The van der Waals surface area contributed by atoms with E-state index >= 15 is 0 Å². The van der Waals surface area contributed by atoms with Gasteiger partial charge in [0.1, 0.15) is 5.75 Å². The Hall–Kier alpha value is -1.22. The molecule has 0 unspecified atom stereocenters. The highest BCUT2D eigenvalue weighted by molar-refractivity contribution is 6.19. The van der Waals surface area contributed by atoms with Gasteiger partial charge in [-0.2, -0.15) is 0 Å². The van der Waals surface area contributed by atoms with Gasteiger partial charge in [0.15, 0.2) is 0 Å². The molecular formula is C14H18ClNO2. The minimum absolute atomic E-state index is 0.0755. The topological polar surface area (TPSA) is 40.5 Å². The number of halogens is 1. The van der Waals surface area contributed by atoms with Crippen molar-refractivity contribution in [3.8, 4) is 5.75 Å². The molecule has 18 heavy (non-hydrogen) atoms. The number of carbonyl (C=O) groups is 1. The summed E-state index contributed by atoms with van der Waals surface area (Å²) in [7, 11) is 0. The Bertz CT molecular complexity index is 471. The molecule has 1 amide bonds. The quantitative estimate of drug-likeness (QED) is 0.837. The summed E-state index contributed by atoms with van der Waals surface area (Å²) < 4.78 is 0. The van der Waals surface area contributed by atoms with Crippen LogP contribution in [0.5, 0.6) is 5.75 Å². The molecule has 3 nitrogen and oxygen atoms in total. The first-order chi connectivity index (χ1) is 8.44. The van der Waals surface area contributed by atoms with Gasteiger partial charge in [-0.05, 0) is 43.5 Å². The first-order valence-corrected chi connectivity index (χ1v) is 6.63. The minimum atomic E-state index is -0.532. The summed E-state index contributed by atoms with van der Waals surface area (Å²) in [5.74, 6) is 0.640. The monoisotopic (exact) mass is 267 g/mol. The lowest BCUT2D eigenvalue weighted by Crippen LogP contribution is -2.44. The van der Waals surface area contributed by atoms with Crippen LogP contribution in [0.4, 0.5) is 0 Å². The van der Waals surface area contributed by atoms with E-state index in [0.717, 1.165) is 18.5 Å². The summed E-state index contributed by atoms with van der Waals surface area (Å²) in [5.41, 5.74) is 1.70. The van der Waals surface area contributed by atoms with Crippen LogP contribution in [-0.2, 0) is 17.8 Å². The van der Waals surface area contributed by atoms with Gasteiger partial charge in [0.05, 0.1) is 5.41 Å². The van der Waals surface area contributed by atoms with Crippen LogP contribution in [-0.4, -0.2) is 28.3 Å². The second kappa shape index (κ2) is 4.81. The zero-order valence-corrected chi connectivity index (χ0v) is 11.5. The molecule has 4 heteroatoms. The maximum absolute atomic E-state index is 12.3. The second-order valence-electron chi connectivity index (χ2n) is 5.45. The van der Waals surface area contributed by atoms with Crippen LogP contribution >= 0.6 is 11.6 Å². The van der Waals surface area contributed by atoms with Gasteiger partial charge in [-0.3, -0.25) is 4.79 Å². The van der Waals surface area contributed by atoms with E-state index in [1.54, 1.807) is 12.1 Å². The third-order valence-corrected chi connectivity index (χ3v) is 4.07. The minimum Gasteiger partial charge on any atom is -0.508 e. The third kappa shape index (κ3) is 2.46. The fourth-order valence-corrected chi connectivity index (χ4v) is 2.32. The molecule has 0 fully saturated rings. The number of aromatic hydroxyl groups is 1. The van der Waals surface area contributed by atoms with Crippen LogP contribution in [0.2, 0.25) is 0 Å². The van der Waals surface area contributed by atoms with Crippen LogP contribution in [0, 0.1) is 5.41 Å². The molecular weight excluding hydrogens is 250 g/mol. The predicted molar refractivity (Wildman–Crippen MR) is 71.7 cm³/mol. The van der Waals surface area contributed by atoms with E-state index in [9.17, 15) is 9.90 Å². The highest BCUT2D eigenvalue weighted by atomic mass is 35.5. The Kier molecular flexibility index (Phi) is 3.53. The van der Waals surface area contributed by atoms with E-state index in [1.807, 2.05) is 24.8 Å². The molecule has 0 aliphatic carbocycles. The molecule has 0 aromatic heterocycles. The van der Waals surface area contributed by atoms with Crippen molar-refractivity contribution in [3.63, 3.8) is 0 Å². The van der Waals surface area contributed by atoms with Crippen molar-refractivity contribution in [1.82, 2.24) is 4.90 Å². The summed E-state index contributed by atoms with van der Waals surface area (Å²) in [6.45, 7) is 5.00. The molecule has 1 heterocycles. The first kappa shape index (κ1) is 13.2. The molecule has 1 aliphatic heterocycles. The van der Waals surface area contributed by atoms with Crippen molar-refractivity contribution >= 4 is 17.5 Å². The SMILES string of the molecule is CC(C)(CCl)C(=O)N1CCc2ccc(O)cc2C1. The van der Waals surface area contributed by atoms with Gasteiger partial charge in [0.2, 0.25) is 5.91 Å². The average molecular weight is 268 g/mol. The van der Waals surface area contributed by atoms with Crippen molar-refractivity contribution in [2.24, 2.45) is 5.41 Å². The van der Waals surface area contributed by atoms with Crippen molar-refractivity contribution in [2.45, 2.75) is 26.8 Å². The molecule has 1 aromatic rings. The standard InChI is InChI=1S/C14H18ClNO2/c1-14(2,9-15)13(18)16-6-5-10-3-4-12(17)7-11(10)8-16/h3-4,7,17H,5-6,8-9H2,1-2H3. The van der Waals surface area contributed by atoms with E-state index in [1.165, 1.54) is 5.56 Å². The van der Waals surface area contributed by atoms with Crippen molar-refractivity contribution in [3.05, 3.63) is 29.3 Å². The van der Waals surface area contributed by atoms with Gasteiger partial charge in [-0.1, -0.05) is 6.07 Å². The lowest BCUT2D eigenvalue weighted by Gasteiger charge is -2.34. The number of alkyl halides is 1. The second-order valence-corrected chi connectivity index (χ2v) is 5.71. The predicted octanol–water partition coefficient (Wildman–Crippen LogP) is 2.54. The van der Waals surface area contributed by atoms with E-state index in [4.69, 9.17) is 11.6 Å². The summed E-state index contributed by atoms with van der Waals surface area (Å²) in [6.07, 6.45) is 0.833. The van der Waals surface area contributed by atoms with Gasteiger partial charge < -0.3 is 10.0 Å². The lowest BCUT2D eigenvalue weighted by molar-refractivity contribution is -0.140. The van der Waals surface area contributed by atoms with Gasteiger partial charge in [0.25, 0.3) is 0 Å². The van der Waals surface area contributed by atoms with E-state index < -0.39 is 5.41 Å². The summed E-state index contributed by atoms with van der Waals surface area (Å²) in [6, 6.07) is 5.36. The van der Waals surface area contributed by atoms with Crippen LogP contribution in [0.15, 0.2) is 18.2 Å². The number of hydrogen-bond acceptors (Lipinski definition) is 2. The fraction of sp³-hybridized carbons (Fsp3) is 0.500. The normalized spacial score (nSPS) is 15.4. The maximum Gasteiger partial charge on any atom is 0.229 e. The summed E-state index contributed by atoms with van der Waals surface area (Å²) in [5, 5.41) is 9.49. The zero-order chi connectivity index (χ0) is 13.3. The molecule has 0 atom stereocenters. The van der Waals surface area contributed by atoms with Crippen LogP contribution in [0.3, 0.4) is 0 Å². The number of carbonyl (C=O) groups excluding carboxylic acids is 1. The number of nitrogens with zero attached hydrogens (tertiary/aromatic N) is 1. The van der Waals surface area contributed by atoms with E-state index in [2.05, 4.69) is 0 Å². The molecule has 1 N–H and O–H groups in total. The Morgan fingerprint density at radius 2 is 2.17 bits per heavy atom. The highest BCUT2D eigenvalue weighted by Crippen LogP contribution is 2.27. The molecule has 1 aliphatic rings. The van der Waals surface area contributed by atoms with E-state index in [-0.39, 0.29) is 11.7 Å². The molecule has 0 bridgehead atoms. The number of hydrogen-bond donors (Lipinski definition) is 1. The molecule has 1 aromatic carbocycles. The number of phenolic OH excluding ortho intramolecular Hbond substituents is 1. The van der Waals surface area contributed by atoms with Crippen molar-refractivity contribution < 1.29 is 9.90 Å². The largest absolute Gasteiger partial charge is 0.508 e. The van der Waals surface area contributed by atoms with Crippen molar-refractivity contribution in [1.29, 1.82) is 0 Å². The number of amides is 1. The maximum atomic E-state index is 12.3. The number of fused-ring (bicyclic) bond motifs is 1. The molecule has 0 spiro atoms. The Morgan fingerprint density at radius 1 is 1.44 bits per heavy atom. The van der Waals surface area contributed by atoms with Crippen LogP contribution in [0.25, 0.3) is 0 Å². The number of rotatable bonds is 2. The molecule has 98 valence electrons. The summed E-state index contributed by atoms with van der Waals surface area (Å²) >= 11 is 5.85. The average Bonchev–Trinajstić information content (AvgIpc) is 2.36. The van der Waals surface area contributed by atoms with Gasteiger partial charge in [-0.25, -0.2) is 0 Å². The Balaban J connectivity index is 2.19. The third-order valence-electron chi connectivity index (χ3n) is 3.40. The molecule has 0 saturated carbocycles. The highest BCUT2D eigenvalue weighted by Gasteiger charge is 2.32. The van der Waals surface area contributed by atoms with Crippen LogP contribution < -0.4 is 0 Å². The van der Waals surface area contributed by atoms with Gasteiger partial charge >= 0.3 is 0 Å². The summed E-state index contributed by atoms with van der Waals surface area (Å²) in [4.78, 5) is 14.1. The van der Waals surface area contributed by atoms with Crippen LogP contribution in [0.1, 0.15) is 25.0 Å². The molecule has 2 rings (SSSR count). The molecule has 0 radical (unpaired) electrons. The van der Waals surface area contributed by atoms with Gasteiger partial charge in [-0.15, -0.1) is 11.6 Å². The van der Waals surface area contributed by atoms with Gasteiger partial charge in [0, 0.05) is 19.0 Å². The first-order valence-electron chi connectivity index (χ1n) is 6.10. The van der Waals surface area contributed by atoms with Crippen molar-refractivity contribution in [2.75, 3.05) is 12.4 Å². The number of benzene rings is 1.